The first-order chi connectivity index (χ1) is 9.63. The maximum atomic E-state index is 12.9. The van der Waals surface area contributed by atoms with Gasteiger partial charge in [-0.15, -0.1) is 0 Å². The summed E-state index contributed by atoms with van der Waals surface area (Å²) in [4.78, 5) is 11.5. The molecule has 0 saturated carbocycles. The van der Waals surface area contributed by atoms with Crippen molar-refractivity contribution in [1.82, 2.24) is 5.43 Å². The molecule has 0 heterocycles. The SMILES string of the molecule is O=C(N/N=C\c1cccc(F)c1)Nc1ccc(Cl)cc1. The molecule has 0 radical (unpaired) electrons. The predicted octanol–water partition coefficient (Wildman–Crippen LogP) is 3.63. The van der Waals surface area contributed by atoms with Gasteiger partial charge in [-0.1, -0.05) is 23.7 Å². The molecular formula is C14H11ClFN3O. The number of nitrogens with zero attached hydrogens (tertiary/aromatic N) is 1. The fourth-order valence-electron chi connectivity index (χ4n) is 1.44. The molecule has 0 aliphatic heterocycles. The standard InChI is InChI=1S/C14H11ClFN3O/c15-11-4-6-13(7-5-11)18-14(20)19-17-9-10-2-1-3-12(16)8-10/h1-9H,(H2,18,19,20)/b17-9-. The van der Waals surface area contributed by atoms with Crippen molar-refractivity contribution >= 4 is 29.5 Å². The lowest BCUT2D eigenvalue weighted by molar-refractivity contribution is 0.252. The molecule has 2 aromatic rings. The molecule has 4 nitrogen and oxygen atoms in total. The first-order valence-electron chi connectivity index (χ1n) is 5.75. The predicted molar refractivity (Wildman–Crippen MR) is 77.6 cm³/mol. The number of rotatable bonds is 3. The van der Waals surface area contributed by atoms with E-state index in [1.807, 2.05) is 0 Å². The highest BCUT2D eigenvalue weighted by molar-refractivity contribution is 6.30. The number of nitrogens with one attached hydrogen (secondary N) is 2. The van der Waals surface area contributed by atoms with Gasteiger partial charge in [0.25, 0.3) is 0 Å². The molecule has 0 unspecified atom stereocenters. The van der Waals surface area contributed by atoms with Crippen LogP contribution in [0.5, 0.6) is 0 Å². The van der Waals surface area contributed by atoms with Crippen molar-refractivity contribution in [3.8, 4) is 0 Å². The fourth-order valence-corrected chi connectivity index (χ4v) is 1.57. The Morgan fingerprint density at radius 1 is 1.20 bits per heavy atom. The number of hydrazone groups is 1. The van der Waals surface area contributed by atoms with Gasteiger partial charge >= 0.3 is 6.03 Å². The van der Waals surface area contributed by atoms with Crippen molar-refractivity contribution in [1.29, 1.82) is 0 Å². The smallest absolute Gasteiger partial charge is 0.307 e. The van der Waals surface area contributed by atoms with Crippen LogP contribution in [0.2, 0.25) is 5.02 Å². The molecular weight excluding hydrogens is 281 g/mol. The van der Waals surface area contributed by atoms with Crippen LogP contribution in [0.1, 0.15) is 5.56 Å². The zero-order valence-corrected chi connectivity index (χ0v) is 11.1. The summed E-state index contributed by atoms with van der Waals surface area (Å²) in [6, 6.07) is 12.0. The number of benzene rings is 2. The Kier molecular flexibility index (Phi) is 4.68. The number of carbonyl (C=O) groups excluding carboxylic acids is 1. The summed E-state index contributed by atoms with van der Waals surface area (Å²) in [7, 11) is 0. The Hall–Kier alpha value is -2.40. The van der Waals surface area contributed by atoms with Gasteiger partial charge in [-0.3, -0.25) is 0 Å². The van der Waals surface area contributed by atoms with E-state index in [4.69, 9.17) is 11.6 Å². The van der Waals surface area contributed by atoms with Gasteiger partial charge < -0.3 is 5.32 Å². The van der Waals surface area contributed by atoms with Crippen molar-refractivity contribution < 1.29 is 9.18 Å². The topological polar surface area (TPSA) is 53.5 Å². The van der Waals surface area contributed by atoms with E-state index in [2.05, 4.69) is 15.8 Å². The summed E-state index contributed by atoms with van der Waals surface area (Å²) in [6.07, 6.45) is 1.35. The largest absolute Gasteiger partial charge is 0.339 e. The van der Waals surface area contributed by atoms with Crippen molar-refractivity contribution in [3.63, 3.8) is 0 Å². The van der Waals surface area contributed by atoms with Crippen LogP contribution >= 0.6 is 11.6 Å². The number of amides is 2. The number of hydrogen-bond acceptors (Lipinski definition) is 2. The van der Waals surface area contributed by atoms with Gasteiger partial charge in [0, 0.05) is 10.7 Å². The number of urea groups is 1. The van der Waals surface area contributed by atoms with Crippen LogP contribution in [-0.2, 0) is 0 Å². The Labute approximate surface area is 120 Å². The van der Waals surface area contributed by atoms with E-state index >= 15 is 0 Å². The van der Waals surface area contributed by atoms with Gasteiger partial charge in [0.15, 0.2) is 0 Å². The van der Waals surface area contributed by atoms with Crippen LogP contribution in [0, 0.1) is 5.82 Å². The molecule has 20 heavy (non-hydrogen) atoms. The quantitative estimate of drug-likeness (QED) is 0.658. The maximum absolute atomic E-state index is 12.9. The van der Waals surface area contributed by atoms with Crippen molar-refractivity contribution in [2.45, 2.75) is 0 Å². The van der Waals surface area contributed by atoms with E-state index in [-0.39, 0.29) is 5.82 Å². The average molecular weight is 292 g/mol. The molecule has 0 aliphatic carbocycles. The van der Waals surface area contributed by atoms with Crippen LogP contribution in [0.25, 0.3) is 0 Å². The van der Waals surface area contributed by atoms with Gasteiger partial charge in [-0.05, 0) is 42.0 Å². The molecule has 2 aromatic carbocycles. The summed E-state index contributed by atoms with van der Waals surface area (Å²) in [5, 5.41) is 6.87. The van der Waals surface area contributed by atoms with Gasteiger partial charge in [0.1, 0.15) is 5.82 Å². The summed E-state index contributed by atoms with van der Waals surface area (Å²) < 4.78 is 12.9. The van der Waals surface area contributed by atoms with Crippen LogP contribution < -0.4 is 10.7 Å². The van der Waals surface area contributed by atoms with Crippen LogP contribution in [-0.4, -0.2) is 12.2 Å². The third kappa shape index (κ3) is 4.37. The highest BCUT2D eigenvalue weighted by Crippen LogP contribution is 2.12. The molecule has 0 fully saturated rings. The van der Waals surface area contributed by atoms with E-state index in [1.54, 1.807) is 36.4 Å². The lowest BCUT2D eigenvalue weighted by Crippen LogP contribution is -2.24. The third-order valence-electron chi connectivity index (χ3n) is 2.33. The second-order valence-electron chi connectivity index (χ2n) is 3.89. The van der Waals surface area contributed by atoms with E-state index < -0.39 is 6.03 Å². The van der Waals surface area contributed by atoms with Crippen molar-refractivity contribution in [2.75, 3.05) is 5.32 Å². The number of carbonyl (C=O) groups is 1. The van der Waals surface area contributed by atoms with Gasteiger partial charge in [-0.25, -0.2) is 14.6 Å². The van der Waals surface area contributed by atoms with E-state index in [0.29, 0.717) is 16.3 Å². The van der Waals surface area contributed by atoms with Crippen molar-refractivity contribution in [2.24, 2.45) is 5.10 Å². The molecule has 102 valence electrons. The lowest BCUT2D eigenvalue weighted by Gasteiger charge is -2.03. The van der Waals surface area contributed by atoms with Crippen LogP contribution in [0.4, 0.5) is 14.9 Å². The first kappa shape index (κ1) is 14.0. The lowest BCUT2D eigenvalue weighted by atomic mass is 10.2. The highest BCUT2D eigenvalue weighted by atomic mass is 35.5. The Morgan fingerprint density at radius 3 is 2.65 bits per heavy atom. The van der Waals surface area contributed by atoms with E-state index in [9.17, 15) is 9.18 Å². The summed E-state index contributed by atoms with van der Waals surface area (Å²) in [6.45, 7) is 0. The van der Waals surface area contributed by atoms with E-state index in [0.717, 1.165) is 0 Å². The monoisotopic (exact) mass is 291 g/mol. The zero-order valence-electron chi connectivity index (χ0n) is 10.3. The Morgan fingerprint density at radius 2 is 1.95 bits per heavy atom. The second-order valence-corrected chi connectivity index (χ2v) is 4.32. The Bertz CT molecular complexity index is 629. The molecule has 0 spiro atoms. The summed E-state index contributed by atoms with van der Waals surface area (Å²) in [5.74, 6) is -0.362. The third-order valence-corrected chi connectivity index (χ3v) is 2.58. The van der Waals surface area contributed by atoms with Gasteiger partial charge in [0.05, 0.1) is 6.21 Å². The molecule has 6 heteroatoms. The molecule has 0 saturated heterocycles. The normalized spacial score (nSPS) is 10.5. The minimum atomic E-state index is -0.500. The Balaban J connectivity index is 1.87. The molecule has 0 bridgehead atoms. The van der Waals surface area contributed by atoms with Crippen LogP contribution in [0.3, 0.4) is 0 Å². The average Bonchev–Trinajstić information content (AvgIpc) is 2.41. The minimum Gasteiger partial charge on any atom is -0.307 e. The summed E-state index contributed by atoms with van der Waals surface area (Å²) >= 11 is 5.73. The number of halogens is 2. The fraction of sp³-hybridized carbons (Fsp3) is 0. The van der Waals surface area contributed by atoms with Crippen LogP contribution in [0.15, 0.2) is 53.6 Å². The highest BCUT2D eigenvalue weighted by Gasteiger charge is 1.99. The number of hydrogen-bond donors (Lipinski definition) is 2. The molecule has 2 N–H and O–H groups in total. The summed E-state index contributed by atoms with van der Waals surface area (Å²) in [5.41, 5.74) is 3.42. The molecule has 2 rings (SSSR count). The minimum absolute atomic E-state index is 0.362. The second kappa shape index (κ2) is 6.68. The molecule has 0 atom stereocenters. The zero-order chi connectivity index (χ0) is 14.4. The molecule has 0 aromatic heterocycles. The van der Waals surface area contributed by atoms with Gasteiger partial charge in [0.2, 0.25) is 0 Å². The van der Waals surface area contributed by atoms with Crippen molar-refractivity contribution in [3.05, 3.63) is 64.9 Å². The molecule has 0 aliphatic rings. The maximum Gasteiger partial charge on any atom is 0.339 e. The van der Waals surface area contributed by atoms with E-state index in [1.165, 1.54) is 18.3 Å². The number of anilines is 1. The first-order valence-corrected chi connectivity index (χ1v) is 6.12. The molecule has 2 amide bonds. The van der Waals surface area contributed by atoms with Gasteiger partial charge in [-0.2, -0.15) is 5.10 Å².